The maximum atomic E-state index is 8.53. The molecule has 0 aliphatic heterocycles. The lowest BCUT2D eigenvalue weighted by molar-refractivity contribution is 0.0928. The van der Waals surface area contributed by atoms with Gasteiger partial charge in [-0.1, -0.05) is 28.1 Å². The van der Waals surface area contributed by atoms with Gasteiger partial charge in [0.05, 0.1) is 19.8 Å². The van der Waals surface area contributed by atoms with Gasteiger partial charge in [-0.3, -0.25) is 0 Å². The van der Waals surface area contributed by atoms with Gasteiger partial charge < -0.3 is 15.2 Å². The van der Waals surface area contributed by atoms with Crippen molar-refractivity contribution in [2.45, 2.75) is 13.0 Å². The number of halogens is 1. The Kier molecular flexibility index (Phi) is 6.64. The predicted molar refractivity (Wildman–Crippen MR) is 68.5 cm³/mol. The molecule has 0 fully saturated rings. The number of ether oxygens (including phenoxy) is 1. The Labute approximate surface area is 105 Å². The average Bonchev–Trinajstić information content (AvgIpc) is 2.29. The molecular formula is C12H18BrNO2. The highest BCUT2D eigenvalue weighted by Crippen LogP contribution is 2.16. The second kappa shape index (κ2) is 7.79. The summed E-state index contributed by atoms with van der Waals surface area (Å²) in [5.41, 5.74) is 1.25. The second-order valence-electron chi connectivity index (χ2n) is 3.56. The number of rotatable bonds is 7. The summed E-state index contributed by atoms with van der Waals surface area (Å²) in [5, 5.41) is 11.9. The molecule has 0 spiro atoms. The molecule has 3 nitrogen and oxygen atoms in total. The van der Waals surface area contributed by atoms with Crippen LogP contribution in [0.4, 0.5) is 0 Å². The van der Waals surface area contributed by atoms with Gasteiger partial charge in [-0.15, -0.1) is 0 Å². The van der Waals surface area contributed by atoms with Gasteiger partial charge in [0.2, 0.25) is 0 Å². The Morgan fingerprint density at radius 3 is 2.62 bits per heavy atom. The molecule has 0 unspecified atom stereocenters. The minimum absolute atomic E-state index is 0.0856. The highest BCUT2D eigenvalue weighted by atomic mass is 79.9. The molecule has 1 aromatic carbocycles. The topological polar surface area (TPSA) is 41.5 Å². The number of aliphatic hydroxyl groups is 1. The second-order valence-corrected chi connectivity index (χ2v) is 4.48. The van der Waals surface area contributed by atoms with E-state index in [1.807, 2.05) is 12.1 Å². The van der Waals surface area contributed by atoms with E-state index >= 15 is 0 Å². The first-order valence-corrected chi connectivity index (χ1v) is 6.21. The molecule has 0 heterocycles. The van der Waals surface area contributed by atoms with Crippen molar-refractivity contribution in [1.82, 2.24) is 5.32 Å². The Morgan fingerprint density at radius 2 is 2.00 bits per heavy atom. The van der Waals surface area contributed by atoms with Crippen LogP contribution in [0.5, 0.6) is 0 Å². The van der Waals surface area contributed by atoms with Crippen LogP contribution in [-0.2, 0) is 4.74 Å². The van der Waals surface area contributed by atoms with E-state index in [0.29, 0.717) is 19.3 Å². The van der Waals surface area contributed by atoms with Gasteiger partial charge in [0.15, 0.2) is 0 Å². The molecule has 2 N–H and O–H groups in total. The number of hydrogen-bond acceptors (Lipinski definition) is 3. The molecule has 4 heteroatoms. The molecule has 1 atom stereocenters. The van der Waals surface area contributed by atoms with E-state index in [2.05, 4.69) is 40.3 Å². The summed E-state index contributed by atoms with van der Waals surface area (Å²) in [6.45, 7) is 4.03. The zero-order valence-corrected chi connectivity index (χ0v) is 11.0. The molecule has 1 aromatic rings. The average molecular weight is 288 g/mol. The van der Waals surface area contributed by atoms with Crippen LogP contribution in [0.2, 0.25) is 0 Å². The highest BCUT2D eigenvalue weighted by Gasteiger charge is 2.03. The first-order valence-electron chi connectivity index (χ1n) is 5.41. The van der Waals surface area contributed by atoms with Gasteiger partial charge in [0.25, 0.3) is 0 Å². The zero-order chi connectivity index (χ0) is 11.8. The molecular weight excluding hydrogens is 270 g/mol. The van der Waals surface area contributed by atoms with Crippen molar-refractivity contribution in [3.8, 4) is 0 Å². The summed E-state index contributed by atoms with van der Waals surface area (Å²) in [6.07, 6.45) is 0. The molecule has 1 rings (SSSR count). The van der Waals surface area contributed by atoms with Crippen LogP contribution in [0.15, 0.2) is 28.7 Å². The van der Waals surface area contributed by atoms with Crippen molar-refractivity contribution in [1.29, 1.82) is 0 Å². The van der Waals surface area contributed by atoms with Gasteiger partial charge in [-0.25, -0.2) is 0 Å². The van der Waals surface area contributed by atoms with Crippen LogP contribution >= 0.6 is 15.9 Å². The maximum Gasteiger partial charge on any atom is 0.0698 e. The molecule has 0 aromatic heterocycles. The molecule has 0 radical (unpaired) electrons. The van der Waals surface area contributed by atoms with Crippen LogP contribution < -0.4 is 5.32 Å². The number of benzene rings is 1. The van der Waals surface area contributed by atoms with E-state index < -0.39 is 0 Å². The van der Waals surface area contributed by atoms with Crippen LogP contribution in [0, 0.1) is 0 Å². The summed E-state index contributed by atoms with van der Waals surface area (Å²) in [6, 6.07) is 8.57. The summed E-state index contributed by atoms with van der Waals surface area (Å²) >= 11 is 3.41. The molecule has 0 saturated heterocycles. The normalized spacial score (nSPS) is 12.7. The van der Waals surface area contributed by atoms with Gasteiger partial charge >= 0.3 is 0 Å². The van der Waals surface area contributed by atoms with Crippen molar-refractivity contribution in [3.63, 3.8) is 0 Å². The van der Waals surface area contributed by atoms with Crippen molar-refractivity contribution in [3.05, 3.63) is 34.3 Å². The number of aliphatic hydroxyl groups excluding tert-OH is 1. The quantitative estimate of drug-likeness (QED) is 0.755. The lowest BCUT2D eigenvalue weighted by atomic mass is 10.1. The van der Waals surface area contributed by atoms with Crippen LogP contribution in [0.3, 0.4) is 0 Å². The van der Waals surface area contributed by atoms with Crippen LogP contribution in [0.25, 0.3) is 0 Å². The van der Waals surface area contributed by atoms with Crippen LogP contribution in [-0.4, -0.2) is 31.5 Å². The summed E-state index contributed by atoms with van der Waals surface area (Å²) in [7, 11) is 0. The fraction of sp³-hybridized carbons (Fsp3) is 0.500. The molecule has 0 aliphatic carbocycles. The fourth-order valence-electron chi connectivity index (χ4n) is 1.38. The first-order chi connectivity index (χ1) is 7.74. The zero-order valence-electron chi connectivity index (χ0n) is 9.45. The SMILES string of the molecule is C[C@@H](NCCOCCO)c1ccc(Br)cc1. The van der Waals surface area contributed by atoms with E-state index in [9.17, 15) is 0 Å². The molecule has 0 amide bonds. The lowest BCUT2D eigenvalue weighted by Gasteiger charge is -2.14. The van der Waals surface area contributed by atoms with E-state index in [4.69, 9.17) is 9.84 Å². The Morgan fingerprint density at radius 1 is 1.31 bits per heavy atom. The van der Waals surface area contributed by atoms with Gasteiger partial charge in [-0.05, 0) is 24.6 Å². The van der Waals surface area contributed by atoms with E-state index in [1.165, 1.54) is 5.56 Å². The van der Waals surface area contributed by atoms with Crippen molar-refractivity contribution in [2.24, 2.45) is 0 Å². The van der Waals surface area contributed by atoms with Gasteiger partial charge in [0.1, 0.15) is 0 Å². The maximum absolute atomic E-state index is 8.53. The van der Waals surface area contributed by atoms with Crippen LogP contribution in [0.1, 0.15) is 18.5 Å². The largest absolute Gasteiger partial charge is 0.394 e. The molecule has 90 valence electrons. The fourth-order valence-corrected chi connectivity index (χ4v) is 1.65. The van der Waals surface area contributed by atoms with E-state index in [1.54, 1.807) is 0 Å². The number of hydrogen-bond donors (Lipinski definition) is 2. The van der Waals surface area contributed by atoms with E-state index in [-0.39, 0.29) is 6.61 Å². The van der Waals surface area contributed by atoms with Crippen molar-refractivity contribution < 1.29 is 9.84 Å². The summed E-state index contributed by atoms with van der Waals surface area (Å²) < 4.78 is 6.26. The van der Waals surface area contributed by atoms with Crippen molar-refractivity contribution >= 4 is 15.9 Å². The summed E-state index contributed by atoms with van der Waals surface area (Å²) in [4.78, 5) is 0. The minimum Gasteiger partial charge on any atom is -0.394 e. The lowest BCUT2D eigenvalue weighted by Crippen LogP contribution is -2.23. The van der Waals surface area contributed by atoms with Gasteiger partial charge in [-0.2, -0.15) is 0 Å². The van der Waals surface area contributed by atoms with E-state index in [0.717, 1.165) is 11.0 Å². The third-order valence-corrected chi connectivity index (χ3v) is 2.83. The number of nitrogens with one attached hydrogen (secondary N) is 1. The van der Waals surface area contributed by atoms with Crippen molar-refractivity contribution in [2.75, 3.05) is 26.4 Å². The molecule has 0 saturated carbocycles. The first kappa shape index (κ1) is 13.6. The Hall–Kier alpha value is -0.420. The molecule has 0 aliphatic rings. The standard InChI is InChI=1S/C12H18BrNO2/c1-10(14-6-8-16-9-7-15)11-2-4-12(13)5-3-11/h2-5,10,14-15H,6-9H2,1H3/t10-/m1/s1. The smallest absolute Gasteiger partial charge is 0.0698 e. The summed E-state index contributed by atoms with van der Waals surface area (Å²) in [5.74, 6) is 0. The minimum atomic E-state index is 0.0856. The highest BCUT2D eigenvalue weighted by molar-refractivity contribution is 9.10. The Bertz CT molecular complexity index is 290. The molecule has 16 heavy (non-hydrogen) atoms. The third kappa shape index (κ3) is 5.07. The van der Waals surface area contributed by atoms with Gasteiger partial charge in [0, 0.05) is 17.1 Å². The Balaban J connectivity index is 2.24. The predicted octanol–water partition coefficient (Wildman–Crippen LogP) is 2.11. The third-order valence-electron chi connectivity index (χ3n) is 2.30. The molecule has 0 bridgehead atoms. The monoisotopic (exact) mass is 287 g/mol.